The van der Waals surface area contributed by atoms with Gasteiger partial charge >= 0.3 is 12.2 Å². The number of nitrogens with zero attached hydrogens (tertiary/aromatic N) is 5. The van der Waals surface area contributed by atoms with Crippen LogP contribution in [0.5, 0.6) is 11.8 Å². The van der Waals surface area contributed by atoms with E-state index in [1.54, 1.807) is 0 Å². The number of nitrogen functional groups attached to an aromatic ring is 1. The number of rotatable bonds is 4. The summed E-state index contributed by atoms with van der Waals surface area (Å²) < 4.78 is 102. The number of halogens is 7. The highest BCUT2D eigenvalue weighted by Gasteiger charge is 2.77. The molecule has 9 rings (SSSR count). The number of fused-ring (bicyclic) bond motifs is 6. The van der Waals surface area contributed by atoms with Crippen molar-refractivity contribution in [2.75, 3.05) is 43.5 Å². The molecule has 48 heavy (non-hydrogen) atoms. The molecule has 4 saturated heterocycles. The van der Waals surface area contributed by atoms with Crippen LogP contribution in [-0.2, 0) is 6.18 Å². The summed E-state index contributed by atoms with van der Waals surface area (Å²) in [4.78, 5) is 17.2. The summed E-state index contributed by atoms with van der Waals surface area (Å²) in [5.74, 6) is -3.89. The zero-order valence-electron chi connectivity index (χ0n) is 25.9. The van der Waals surface area contributed by atoms with Crippen molar-refractivity contribution in [1.29, 1.82) is 0 Å². The first-order valence-corrected chi connectivity index (χ1v) is 16.6. The molecule has 3 N–H and O–H groups in total. The van der Waals surface area contributed by atoms with E-state index in [4.69, 9.17) is 31.8 Å². The van der Waals surface area contributed by atoms with Gasteiger partial charge in [-0.2, -0.15) is 23.1 Å². The Kier molecular flexibility index (Phi) is 6.34. The molecule has 1 spiro atoms. The number of hydrogen-bond acceptors (Lipinski definition) is 9. The molecule has 1 saturated carbocycles. The maximum atomic E-state index is 17.0. The zero-order valence-corrected chi connectivity index (χ0v) is 26.6. The molecule has 5 atom stereocenters. The monoisotopic (exact) mass is 695 g/mol. The molecule has 1 aliphatic carbocycles. The third-order valence-corrected chi connectivity index (χ3v) is 11.9. The predicted molar refractivity (Wildman–Crippen MR) is 164 cm³/mol. The Morgan fingerprint density at radius 3 is 2.73 bits per heavy atom. The molecule has 6 aliphatic rings. The van der Waals surface area contributed by atoms with Crippen LogP contribution in [0.2, 0.25) is 5.02 Å². The van der Waals surface area contributed by atoms with Crippen LogP contribution in [0.4, 0.5) is 38.0 Å². The Hall–Kier alpha value is -3.30. The number of alkyl halides is 5. The van der Waals surface area contributed by atoms with Gasteiger partial charge in [0, 0.05) is 31.6 Å². The van der Waals surface area contributed by atoms with Gasteiger partial charge < -0.3 is 25.4 Å². The number of ether oxygens (including phenoxy) is 2. The minimum atomic E-state index is -4.92. The first kappa shape index (κ1) is 30.7. The van der Waals surface area contributed by atoms with Gasteiger partial charge in [0.15, 0.2) is 11.6 Å². The lowest BCUT2D eigenvalue weighted by Crippen LogP contribution is -2.60. The smallest absolute Gasteiger partial charge is 0.418 e. The predicted octanol–water partition coefficient (Wildman–Crippen LogP) is 5.74. The molecule has 2 bridgehead atoms. The molecular formula is C32H32ClF6N7O2. The van der Waals surface area contributed by atoms with Crippen LogP contribution >= 0.6 is 11.6 Å². The van der Waals surface area contributed by atoms with Gasteiger partial charge in [0.25, 0.3) is 5.92 Å². The maximum Gasteiger partial charge on any atom is 0.418 e. The molecule has 1 unspecified atom stereocenters. The topological polar surface area (TPSA) is 102 Å². The van der Waals surface area contributed by atoms with Gasteiger partial charge in [-0.3, -0.25) is 4.90 Å². The van der Waals surface area contributed by atoms with Crippen LogP contribution < -0.4 is 25.4 Å². The third kappa shape index (κ3) is 4.28. The van der Waals surface area contributed by atoms with Crippen molar-refractivity contribution in [1.82, 2.24) is 25.2 Å². The number of nitrogens with one attached hydrogen (secondary N) is 1. The van der Waals surface area contributed by atoms with Gasteiger partial charge in [0.2, 0.25) is 0 Å². The molecule has 7 heterocycles. The fraction of sp³-hybridized carbons (Fsp3) is 0.594. The lowest BCUT2D eigenvalue weighted by Gasteiger charge is -2.40. The summed E-state index contributed by atoms with van der Waals surface area (Å²) in [5, 5.41) is 3.29. The number of anilines is 2. The first-order chi connectivity index (χ1) is 22.7. The van der Waals surface area contributed by atoms with Gasteiger partial charge in [-0.25, -0.2) is 18.2 Å². The number of aromatic nitrogens is 3. The second-order valence-electron chi connectivity index (χ2n) is 14.4. The number of piperazine rings is 1. The lowest BCUT2D eigenvalue weighted by atomic mass is 9.89. The summed E-state index contributed by atoms with van der Waals surface area (Å²) in [7, 11) is 0. The molecule has 16 heteroatoms. The Morgan fingerprint density at radius 1 is 1.19 bits per heavy atom. The Labute approximate surface area is 276 Å². The van der Waals surface area contributed by atoms with E-state index in [0.29, 0.717) is 25.3 Å². The highest BCUT2D eigenvalue weighted by atomic mass is 35.5. The van der Waals surface area contributed by atoms with Crippen molar-refractivity contribution >= 4 is 34.1 Å². The summed E-state index contributed by atoms with van der Waals surface area (Å²) in [5.41, 5.74) is 0.959. The largest absolute Gasteiger partial charge is 0.489 e. The van der Waals surface area contributed by atoms with E-state index in [2.05, 4.69) is 20.2 Å². The Bertz CT molecular complexity index is 1900. The number of benzene rings is 1. The van der Waals surface area contributed by atoms with Crippen LogP contribution in [0.3, 0.4) is 0 Å². The van der Waals surface area contributed by atoms with Gasteiger partial charge in [0.1, 0.15) is 30.4 Å². The van der Waals surface area contributed by atoms with Gasteiger partial charge in [-0.15, -0.1) is 0 Å². The molecule has 2 aromatic heterocycles. The molecule has 9 nitrogen and oxygen atoms in total. The number of nitrogens with two attached hydrogens (primary N) is 1. The standard InChI is InChI=1S/C32H32ClF6N7O2/c1-14-7-18(40)42-24(21(14)32(37,38)39)19-22(33)26-20-25(23(19)34)43-28(44-27(20)46-8-15-3-4-16(41-15)17(46)9-47-26)48-13-30-5-2-6-45(30)12-29(10-30)11-31(29,35)36/h7,15-17,41H,2-6,8-13H2,1H3,(H2,40,42)/t15-,16+,17-,29?,30+/m1/s1. The highest BCUT2D eigenvalue weighted by molar-refractivity contribution is 6.36. The molecule has 3 aromatic rings. The summed E-state index contributed by atoms with van der Waals surface area (Å²) in [6.45, 7) is 2.78. The summed E-state index contributed by atoms with van der Waals surface area (Å²) >= 11 is 6.81. The van der Waals surface area contributed by atoms with E-state index >= 15 is 4.39 Å². The van der Waals surface area contributed by atoms with Crippen LogP contribution in [0.25, 0.3) is 22.2 Å². The first-order valence-electron chi connectivity index (χ1n) is 16.2. The molecule has 0 amide bonds. The van der Waals surface area contributed by atoms with Crippen LogP contribution in [0.15, 0.2) is 6.07 Å². The number of hydrogen-bond donors (Lipinski definition) is 2. The molecule has 5 aliphatic heterocycles. The average molecular weight is 696 g/mol. The van der Waals surface area contributed by atoms with E-state index < -0.39 is 50.7 Å². The van der Waals surface area contributed by atoms with E-state index in [1.807, 2.05) is 4.90 Å². The molecule has 5 fully saturated rings. The molecule has 256 valence electrons. The van der Waals surface area contributed by atoms with E-state index in [-0.39, 0.29) is 84.8 Å². The van der Waals surface area contributed by atoms with Gasteiger partial charge in [0.05, 0.1) is 44.2 Å². The van der Waals surface area contributed by atoms with Gasteiger partial charge in [-0.05, 0) is 57.2 Å². The second-order valence-corrected chi connectivity index (χ2v) is 14.8. The molecule has 1 aromatic carbocycles. The minimum Gasteiger partial charge on any atom is -0.489 e. The third-order valence-electron chi connectivity index (χ3n) is 11.5. The SMILES string of the molecule is Cc1cc(N)nc(-c2c(Cl)c3c4c(nc(OC[C@@]56CCCN5CC5(CC5(F)F)C6)nc4c2F)N2C[C@H]4CC[C@H](N4)[C@H]2CO3)c1C(F)(F)F. The van der Waals surface area contributed by atoms with Crippen molar-refractivity contribution in [3.63, 3.8) is 0 Å². The highest BCUT2D eigenvalue weighted by Crippen LogP contribution is 2.69. The quantitative estimate of drug-likeness (QED) is 0.331. The van der Waals surface area contributed by atoms with E-state index in [9.17, 15) is 22.0 Å². The van der Waals surface area contributed by atoms with Crippen molar-refractivity contribution in [3.8, 4) is 23.0 Å². The van der Waals surface area contributed by atoms with E-state index in [1.165, 1.54) is 6.92 Å². The number of pyridine rings is 1. The van der Waals surface area contributed by atoms with Crippen LogP contribution in [0.1, 0.15) is 49.7 Å². The fourth-order valence-electron chi connectivity index (χ4n) is 9.24. The molecular weight excluding hydrogens is 664 g/mol. The molecule has 0 radical (unpaired) electrons. The maximum absolute atomic E-state index is 17.0. The lowest BCUT2D eigenvalue weighted by molar-refractivity contribution is -0.137. The van der Waals surface area contributed by atoms with Crippen LogP contribution in [0, 0.1) is 18.2 Å². The van der Waals surface area contributed by atoms with E-state index in [0.717, 1.165) is 25.3 Å². The average Bonchev–Trinajstić information content (AvgIpc) is 3.30. The second kappa shape index (κ2) is 9.90. The van der Waals surface area contributed by atoms with Gasteiger partial charge in [-0.1, -0.05) is 11.6 Å². The Morgan fingerprint density at radius 2 is 1.98 bits per heavy atom. The minimum absolute atomic E-state index is 0.00558. The number of aryl methyl sites for hydroxylation is 1. The van der Waals surface area contributed by atoms with Crippen molar-refractivity contribution < 1.29 is 35.8 Å². The Balaban J connectivity index is 1.21. The summed E-state index contributed by atoms with van der Waals surface area (Å²) in [6.07, 6.45) is -1.54. The normalized spacial score (nSPS) is 31.6. The van der Waals surface area contributed by atoms with Crippen LogP contribution in [-0.4, -0.2) is 82.3 Å². The van der Waals surface area contributed by atoms with Crippen molar-refractivity contribution in [2.45, 2.75) is 81.2 Å². The van der Waals surface area contributed by atoms with Crippen molar-refractivity contribution in [2.24, 2.45) is 5.41 Å². The van der Waals surface area contributed by atoms with Crippen molar-refractivity contribution in [3.05, 3.63) is 28.0 Å². The fourth-order valence-corrected chi connectivity index (χ4v) is 9.56. The summed E-state index contributed by atoms with van der Waals surface area (Å²) in [6, 6.07) is 0.759. The zero-order chi connectivity index (χ0) is 33.5.